The first-order valence-corrected chi connectivity index (χ1v) is 12.7. The summed E-state index contributed by atoms with van der Waals surface area (Å²) >= 11 is 0. The summed E-state index contributed by atoms with van der Waals surface area (Å²) in [7, 11) is -3.48. The Morgan fingerprint density at radius 1 is 1.00 bits per heavy atom. The van der Waals surface area contributed by atoms with Gasteiger partial charge in [-0.1, -0.05) is 54.6 Å². The molecule has 0 bridgehead atoms. The molecule has 0 saturated carbocycles. The van der Waals surface area contributed by atoms with Gasteiger partial charge in [-0.05, 0) is 42.9 Å². The standard InChI is InChI=1S/C24H31N3O3S/c1-2-31(29,30)27-18-21-11-7-6-10-20(21)16-23(27)24(28)25-22-12-14-26(15-13-22)17-19-8-4-3-5-9-19/h3-11,22-23H,2,12-18H2,1H3,(H,25,28)/t23-/m1/s1. The van der Waals surface area contributed by atoms with Crippen LogP contribution in [0.4, 0.5) is 0 Å². The monoisotopic (exact) mass is 441 g/mol. The Balaban J connectivity index is 1.39. The van der Waals surface area contributed by atoms with E-state index in [1.54, 1.807) is 6.92 Å². The van der Waals surface area contributed by atoms with Gasteiger partial charge in [0.05, 0.1) is 5.75 Å². The maximum atomic E-state index is 13.2. The summed E-state index contributed by atoms with van der Waals surface area (Å²) in [6, 6.07) is 17.6. The molecule has 2 heterocycles. The highest BCUT2D eigenvalue weighted by atomic mass is 32.2. The van der Waals surface area contributed by atoms with E-state index in [1.165, 1.54) is 9.87 Å². The number of piperidine rings is 1. The Bertz CT molecular complexity index is 1000. The van der Waals surface area contributed by atoms with E-state index in [0.29, 0.717) is 6.42 Å². The van der Waals surface area contributed by atoms with Crippen molar-refractivity contribution in [1.29, 1.82) is 0 Å². The van der Waals surface area contributed by atoms with E-state index in [1.807, 2.05) is 30.3 Å². The van der Waals surface area contributed by atoms with Gasteiger partial charge < -0.3 is 5.32 Å². The second-order valence-corrected chi connectivity index (χ2v) is 10.7. The third-order valence-corrected chi connectivity index (χ3v) is 8.24. The quantitative estimate of drug-likeness (QED) is 0.748. The van der Waals surface area contributed by atoms with Crippen molar-refractivity contribution >= 4 is 15.9 Å². The smallest absolute Gasteiger partial charge is 0.239 e. The van der Waals surface area contributed by atoms with Crippen molar-refractivity contribution in [1.82, 2.24) is 14.5 Å². The number of benzene rings is 2. The Kier molecular flexibility index (Phi) is 6.74. The zero-order valence-corrected chi connectivity index (χ0v) is 18.9. The van der Waals surface area contributed by atoms with Gasteiger partial charge in [0, 0.05) is 32.2 Å². The third-order valence-electron chi connectivity index (χ3n) is 6.41. The third kappa shape index (κ3) is 5.17. The van der Waals surface area contributed by atoms with Gasteiger partial charge in [0.1, 0.15) is 6.04 Å². The van der Waals surface area contributed by atoms with E-state index in [4.69, 9.17) is 0 Å². The van der Waals surface area contributed by atoms with Crippen LogP contribution < -0.4 is 5.32 Å². The molecule has 166 valence electrons. The number of carbonyl (C=O) groups excluding carboxylic acids is 1. The molecule has 2 aromatic carbocycles. The van der Waals surface area contributed by atoms with Crippen LogP contribution in [-0.4, -0.2) is 54.5 Å². The van der Waals surface area contributed by atoms with Gasteiger partial charge in [-0.25, -0.2) is 8.42 Å². The molecule has 6 nitrogen and oxygen atoms in total. The summed E-state index contributed by atoms with van der Waals surface area (Å²) in [6.45, 7) is 4.66. The molecule has 31 heavy (non-hydrogen) atoms. The second kappa shape index (κ2) is 9.51. The van der Waals surface area contributed by atoms with Gasteiger partial charge in [0.15, 0.2) is 0 Å². The van der Waals surface area contributed by atoms with E-state index >= 15 is 0 Å². The highest BCUT2D eigenvalue weighted by Gasteiger charge is 2.38. The SMILES string of the molecule is CCS(=O)(=O)N1Cc2ccccc2C[C@@H]1C(=O)NC1CCN(Cc2ccccc2)CC1. The zero-order valence-electron chi connectivity index (χ0n) is 18.0. The number of sulfonamides is 1. The molecule has 0 spiro atoms. The molecule has 2 aliphatic rings. The van der Waals surface area contributed by atoms with Gasteiger partial charge in [-0.15, -0.1) is 0 Å². The number of amides is 1. The maximum Gasteiger partial charge on any atom is 0.239 e. The lowest BCUT2D eigenvalue weighted by atomic mass is 9.95. The van der Waals surface area contributed by atoms with Crippen LogP contribution in [-0.2, 0) is 34.3 Å². The van der Waals surface area contributed by atoms with Gasteiger partial charge in [-0.3, -0.25) is 9.69 Å². The molecule has 1 amide bonds. The highest BCUT2D eigenvalue weighted by molar-refractivity contribution is 7.89. The molecule has 0 unspecified atom stereocenters. The predicted molar refractivity (Wildman–Crippen MR) is 122 cm³/mol. The summed E-state index contributed by atoms with van der Waals surface area (Å²) in [5, 5.41) is 3.16. The van der Waals surface area contributed by atoms with E-state index in [-0.39, 0.29) is 24.2 Å². The van der Waals surface area contributed by atoms with Crippen LogP contribution in [0.25, 0.3) is 0 Å². The fourth-order valence-electron chi connectivity index (χ4n) is 4.56. The number of likely N-dealkylation sites (tertiary alicyclic amines) is 1. The van der Waals surface area contributed by atoms with Crippen molar-refractivity contribution < 1.29 is 13.2 Å². The molecule has 0 radical (unpaired) electrons. The van der Waals surface area contributed by atoms with Crippen molar-refractivity contribution in [3.8, 4) is 0 Å². The molecule has 1 saturated heterocycles. The Hall–Kier alpha value is -2.22. The van der Waals surface area contributed by atoms with Crippen molar-refractivity contribution in [3.63, 3.8) is 0 Å². The normalized spacial score (nSPS) is 20.9. The molecule has 7 heteroatoms. The maximum absolute atomic E-state index is 13.2. The van der Waals surface area contributed by atoms with Crippen LogP contribution in [0.1, 0.15) is 36.5 Å². The topological polar surface area (TPSA) is 69.7 Å². The van der Waals surface area contributed by atoms with E-state index in [9.17, 15) is 13.2 Å². The fourth-order valence-corrected chi connectivity index (χ4v) is 5.78. The van der Waals surface area contributed by atoms with E-state index < -0.39 is 16.1 Å². The predicted octanol–water partition coefficient (Wildman–Crippen LogP) is 2.54. The molecule has 1 N–H and O–H groups in total. The molecule has 1 atom stereocenters. The minimum Gasteiger partial charge on any atom is -0.352 e. The summed E-state index contributed by atoms with van der Waals surface area (Å²) < 4.78 is 26.9. The number of nitrogens with one attached hydrogen (secondary N) is 1. The first-order valence-electron chi connectivity index (χ1n) is 11.1. The minimum absolute atomic E-state index is 0.00315. The van der Waals surface area contributed by atoms with Crippen molar-refractivity contribution in [2.45, 2.75) is 51.4 Å². The number of carbonyl (C=O) groups is 1. The lowest BCUT2D eigenvalue weighted by Crippen LogP contribution is -2.55. The first-order chi connectivity index (χ1) is 15.0. The molecule has 0 aliphatic carbocycles. The summed E-state index contributed by atoms with van der Waals surface area (Å²) in [6.07, 6.45) is 2.18. The second-order valence-electron chi connectivity index (χ2n) is 8.48. The van der Waals surface area contributed by atoms with E-state index in [0.717, 1.165) is 43.6 Å². The van der Waals surface area contributed by atoms with Gasteiger partial charge >= 0.3 is 0 Å². The largest absolute Gasteiger partial charge is 0.352 e. The Morgan fingerprint density at radius 3 is 2.32 bits per heavy atom. The molecule has 4 rings (SSSR count). The Morgan fingerprint density at radius 2 is 1.65 bits per heavy atom. The van der Waals surface area contributed by atoms with Crippen LogP contribution in [0.3, 0.4) is 0 Å². The van der Waals surface area contributed by atoms with Crippen molar-refractivity contribution in [2.75, 3.05) is 18.8 Å². The minimum atomic E-state index is -3.48. The lowest BCUT2D eigenvalue weighted by molar-refractivity contribution is -0.126. The van der Waals surface area contributed by atoms with Crippen LogP contribution in [0, 0.1) is 0 Å². The number of nitrogens with zero attached hydrogens (tertiary/aromatic N) is 2. The zero-order chi connectivity index (χ0) is 21.8. The van der Waals surface area contributed by atoms with Crippen LogP contribution in [0.2, 0.25) is 0 Å². The van der Waals surface area contributed by atoms with Crippen LogP contribution in [0.15, 0.2) is 54.6 Å². The van der Waals surface area contributed by atoms with Gasteiger partial charge in [0.25, 0.3) is 0 Å². The van der Waals surface area contributed by atoms with Crippen molar-refractivity contribution in [3.05, 3.63) is 71.3 Å². The summed E-state index contributed by atoms with van der Waals surface area (Å²) in [5.74, 6) is -0.176. The summed E-state index contributed by atoms with van der Waals surface area (Å²) in [5.41, 5.74) is 3.34. The number of rotatable bonds is 6. The average Bonchev–Trinajstić information content (AvgIpc) is 2.80. The molecule has 1 fully saturated rings. The fraction of sp³-hybridized carbons (Fsp3) is 0.458. The number of hydrogen-bond donors (Lipinski definition) is 1. The van der Waals surface area contributed by atoms with Crippen molar-refractivity contribution in [2.24, 2.45) is 0 Å². The number of fused-ring (bicyclic) bond motifs is 1. The molecule has 0 aromatic heterocycles. The molecular weight excluding hydrogens is 410 g/mol. The molecular formula is C24H31N3O3S. The lowest BCUT2D eigenvalue weighted by Gasteiger charge is -2.37. The first kappa shape index (κ1) is 22.0. The highest BCUT2D eigenvalue weighted by Crippen LogP contribution is 2.26. The van der Waals surface area contributed by atoms with Gasteiger partial charge in [0.2, 0.25) is 15.9 Å². The summed E-state index contributed by atoms with van der Waals surface area (Å²) in [4.78, 5) is 15.6. The molecule has 2 aromatic rings. The Labute approximate surface area is 185 Å². The van der Waals surface area contributed by atoms with Crippen LogP contribution in [0.5, 0.6) is 0 Å². The van der Waals surface area contributed by atoms with Gasteiger partial charge in [-0.2, -0.15) is 4.31 Å². The number of hydrogen-bond acceptors (Lipinski definition) is 4. The average molecular weight is 442 g/mol. The van der Waals surface area contributed by atoms with Crippen LogP contribution >= 0.6 is 0 Å². The van der Waals surface area contributed by atoms with E-state index in [2.05, 4.69) is 34.5 Å². The molecule has 2 aliphatic heterocycles.